The molecular weight excluding hydrogens is 768 g/mol. The normalized spacial score (nSPS) is 19.0. The lowest BCUT2D eigenvalue weighted by molar-refractivity contribution is -0.200. The number of carbonyl (C=O) groups is 1. The summed E-state index contributed by atoms with van der Waals surface area (Å²) in [5.41, 5.74) is 8.14. The summed E-state index contributed by atoms with van der Waals surface area (Å²) in [6.45, 7) is 3.53. The number of ether oxygens (including phenoxy) is 4. The Balaban J connectivity index is 1.17. The van der Waals surface area contributed by atoms with Crippen LogP contribution in [0.4, 0.5) is 4.39 Å². The van der Waals surface area contributed by atoms with Crippen LogP contribution in [0, 0.1) is 18.7 Å². The molecule has 60 heavy (non-hydrogen) atoms. The van der Waals surface area contributed by atoms with Crippen LogP contribution in [-0.2, 0) is 56.6 Å². The number of ketones is 1. The SMILES string of the molecule is Cc1ccc(C2C(=O)C(COCc3ccccc3)C(OCc3ccccc3)C(OCc3ccccc3)C2OCc2ccccc2)cc1Cc1ccc(-c2ccc(F)cc2)s1. The van der Waals surface area contributed by atoms with Crippen LogP contribution in [0.15, 0.2) is 176 Å². The van der Waals surface area contributed by atoms with Gasteiger partial charge >= 0.3 is 0 Å². The number of thiophene rings is 1. The molecule has 0 amide bonds. The van der Waals surface area contributed by atoms with Crippen LogP contribution in [-0.4, -0.2) is 30.7 Å². The number of aryl methyl sites for hydroxylation is 1. The van der Waals surface area contributed by atoms with Gasteiger partial charge in [-0.05, 0) is 75.7 Å². The maximum absolute atomic E-state index is 15.5. The lowest BCUT2D eigenvalue weighted by Gasteiger charge is -2.45. The third kappa shape index (κ3) is 10.4. The number of Topliss-reactive ketones (excluding diaryl/α,β-unsaturated/α-hetero) is 1. The number of hydrogen-bond acceptors (Lipinski definition) is 6. The summed E-state index contributed by atoms with van der Waals surface area (Å²) >= 11 is 1.69. The van der Waals surface area contributed by atoms with Gasteiger partial charge in [-0.25, -0.2) is 4.39 Å². The lowest BCUT2D eigenvalue weighted by atomic mass is 9.71. The summed E-state index contributed by atoms with van der Waals surface area (Å²) in [6.07, 6.45) is -1.31. The van der Waals surface area contributed by atoms with E-state index in [2.05, 4.69) is 37.3 Å². The van der Waals surface area contributed by atoms with Crippen LogP contribution in [0.5, 0.6) is 0 Å². The maximum atomic E-state index is 15.5. The molecular formula is C53H49FO5S. The number of rotatable bonds is 17. The van der Waals surface area contributed by atoms with Crippen molar-refractivity contribution in [3.63, 3.8) is 0 Å². The van der Waals surface area contributed by atoms with E-state index in [0.29, 0.717) is 32.8 Å². The van der Waals surface area contributed by atoms with Gasteiger partial charge in [0.05, 0.1) is 51.0 Å². The van der Waals surface area contributed by atoms with Crippen LogP contribution >= 0.6 is 11.3 Å². The summed E-state index contributed by atoms with van der Waals surface area (Å²) in [5, 5.41) is 0. The molecule has 0 spiro atoms. The highest BCUT2D eigenvalue weighted by Crippen LogP contribution is 2.41. The van der Waals surface area contributed by atoms with E-state index in [1.807, 2.05) is 133 Å². The molecule has 6 aromatic carbocycles. The Morgan fingerprint density at radius 3 is 1.63 bits per heavy atom. The van der Waals surface area contributed by atoms with E-state index >= 15 is 4.79 Å². The quantitative estimate of drug-likeness (QED) is 0.0916. The second-order valence-electron chi connectivity index (χ2n) is 15.4. The van der Waals surface area contributed by atoms with Crippen LogP contribution in [0.2, 0.25) is 0 Å². The van der Waals surface area contributed by atoms with E-state index in [9.17, 15) is 4.39 Å². The summed E-state index contributed by atoms with van der Waals surface area (Å²) in [5.74, 6) is -1.57. The second-order valence-corrected chi connectivity index (χ2v) is 16.6. The molecule has 0 radical (unpaired) electrons. The average molecular weight is 817 g/mol. The molecule has 1 aromatic heterocycles. The van der Waals surface area contributed by atoms with Crippen LogP contribution < -0.4 is 0 Å². The topological polar surface area (TPSA) is 54.0 Å². The van der Waals surface area contributed by atoms with Crippen LogP contribution in [0.1, 0.15) is 49.7 Å². The van der Waals surface area contributed by atoms with Gasteiger partial charge in [0, 0.05) is 16.2 Å². The first-order chi connectivity index (χ1) is 29.5. The average Bonchev–Trinajstić information content (AvgIpc) is 3.76. The van der Waals surface area contributed by atoms with Gasteiger partial charge in [0.15, 0.2) is 5.78 Å². The molecule has 7 aromatic rings. The summed E-state index contributed by atoms with van der Waals surface area (Å²) in [4.78, 5) is 17.7. The predicted octanol–water partition coefficient (Wildman–Crippen LogP) is 11.7. The van der Waals surface area contributed by atoms with E-state index in [1.54, 1.807) is 11.3 Å². The standard InChI is InChI=1S/C53H49FO5S/c1-37-22-23-43(30-44(37)31-46-28-29-48(60-46)42-24-26-45(54)27-25-42)49-50(55)47(36-56-32-38-14-6-2-7-15-38)51(57-33-39-16-8-3-9-17-39)53(59-35-41-20-12-5-13-21-41)52(49)58-34-40-18-10-4-11-19-40/h2-30,47,49,51-53H,31-36H2,1H3. The van der Waals surface area contributed by atoms with Crippen molar-refractivity contribution in [3.8, 4) is 10.4 Å². The first kappa shape index (κ1) is 41.2. The Hall–Kier alpha value is -5.54. The van der Waals surface area contributed by atoms with Gasteiger partial charge in [0.25, 0.3) is 0 Å². The van der Waals surface area contributed by atoms with Gasteiger partial charge < -0.3 is 18.9 Å². The largest absolute Gasteiger partial charge is 0.376 e. The molecule has 1 fully saturated rings. The third-order valence-electron chi connectivity index (χ3n) is 11.2. The van der Waals surface area contributed by atoms with Crippen molar-refractivity contribution in [2.24, 2.45) is 5.92 Å². The fraction of sp³-hybridized carbons (Fsp3) is 0.226. The van der Waals surface area contributed by atoms with Crippen molar-refractivity contribution in [3.05, 3.63) is 226 Å². The first-order valence-electron chi connectivity index (χ1n) is 20.5. The highest BCUT2D eigenvalue weighted by Gasteiger charge is 2.53. The molecule has 7 heteroatoms. The molecule has 0 saturated heterocycles. The maximum Gasteiger partial charge on any atom is 0.151 e. The molecule has 8 rings (SSSR count). The Bertz CT molecular complexity index is 2400. The smallest absolute Gasteiger partial charge is 0.151 e. The van der Waals surface area contributed by atoms with Crippen molar-refractivity contribution in [2.45, 2.75) is 64.0 Å². The zero-order valence-corrected chi connectivity index (χ0v) is 34.5. The summed E-state index contributed by atoms with van der Waals surface area (Å²) in [7, 11) is 0. The van der Waals surface area contributed by atoms with Gasteiger partial charge in [0.1, 0.15) is 18.0 Å². The fourth-order valence-corrected chi connectivity index (χ4v) is 9.00. The van der Waals surface area contributed by atoms with Gasteiger partial charge in [-0.3, -0.25) is 4.79 Å². The van der Waals surface area contributed by atoms with E-state index in [4.69, 9.17) is 18.9 Å². The molecule has 304 valence electrons. The van der Waals surface area contributed by atoms with Crippen LogP contribution in [0.25, 0.3) is 10.4 Å². The number of benzene rings is 6. The van der Waals surface area contributed by atoms with Crippen molar-refractivity contribution >= 4 is 17.1 Å². The Morgan fingerprint density at radius 1 is 0.550 bits per heavy atom. The molecule has 5 nitrogen and oxygen atoms in total. The van der Waals surface area contributed by atoms with E-state index in [0.717, 1.165) is 49.4 Å². The first-order valence-corrected chi connectivity index (χ1v) is 21.4. The molecule has 5 atom stereocenters. The van der Waals surface area contributed by atoms with Gasteiger partial charge in [-0.15, -0.1) is 11.3 Å². The lowest BCUT2D eigenvalue weighted by Crippen LogP contribution is -2.59. The fourth-order valence-electron chi connectivity index (χ4n) is 7.97. The van der Waals surface area contributed by atoms with Gasteiger partial charge in [0.2, 0.25) is 0 Å². The van der Waals surface area contributed by atoms with Crippen LogP contribution in [0.3, 0.4) is 0 Å². The molecule has 1 aliphatic rings. The molecule has 1 heterocycles. The minimum absolute atomic E-state index is 0.00303. The Labute approximate surface area is 356 Å². The molecule has 0 bridgehead atoms. The van der Waals surface area contributed by atoms with Crippen molar-refractivity contribution in [1.29, 1.82) is 0 Å². The molecule has 0 aliphatic heterocycles. The minimum atomic E-state index is -0.685. The number of halogens is 1. The van der Waals surface area contributed by atoms with Crippen molar-refractivity contribution in [1.82, 2.24) is 0 Å². The predicted molar refractivity (Wildman–Crippen MR) is 236 cm³/mol. The van der Waals surface area contributed by atoms with E-state index in [1.165, 1.54) is 17.0 Å². The molecule has 1 aliphatic carbocycles. The van der Waals surface area contributed by atoms with Gasteiger partial charge in [-0.1, -0.05) is 152 Å². The summed E-state index contributed by atoms with van der Waals surface area (Å²) < 4.78 is 40.9. The number of carbonyl (C=O) groups excluding carboxylic acids is 1. The zero-order chi connectivity index (χ0) is 41.1. The van der Waals surface area contributed by atoms with Gasteiger partial charge in [-0.2, -0.15) is 0 Å². The third-order valence-corrected chi connectivity index (χ3v) is 12.3. The highest BCUT2D eigenvalue weighted by molar-refractivity contribution is 7.15. The summed E-state index contributed by atoms with van der Waals surface area (Å²) in [6, 6.07) is 57.4. The van der Waals surface area contributed by atoms with Crippen molar-refractivity contribution in [2.75, 3.05) is 6.61 Å². The highest BCUT2D eigenvalue weighted by atomic mass is 32.1. The van der Waals surface area contributed by atoms with E-state index < -0.39 is 30.1 Å². The molecule has 1 saturated carbocycles. The second kappa shape index (κ2) is 20.1. The van der Waals surface area contributed by atoms with Crippen molar-refractivity contribution < 1.29 is 28.1 Å². The number of hydrogen-bond donors (Lipinski definition) is 0. The molecule has 5 unspecified atom stereocenters. The zero-order valence-electron chi connectivity index (χ0n) is 33.7. The monoisotopic (exact) mass is 816 g/mol. The Kier molecular flexibility index (Phi) is 13.8. The van der Waals surface area contributed by atoms with E-state index in [-0.39, 0.29) is 18.2 Å². The minimum Gasteiger partial charge on any atom is -0.376 e. The molecule has 0 N–H and O–H groups in total. The Morgan fingerprint density at radius 2 is 1.07 bits per heavy atom.